The van der Waals surface area contributed by atoms with Crippen molar-refractivity contribution in [1.82, 2.24) is 10.2 Å². The van der Waals surface area contributed by atoms with E-state index in [2.05, 4.69) is 15.5 Å². The largest absolute Gasteiger partial charge is 0.492 e. The number of carbonyl (C=O) groups is 1. The lowest BCUT2D eigenvalue weighted by atomic mass is 10.2. The van der Waals surface area contributed by atoms with E-state index in [0.717, 1.165) is 5.56 Å². The fraction of sp³-hybridized carbons (Fsp3) is 0.231. The van der Waals surface area contributed by atoms with Crippen molar-refractivity contribution in [2.24, 2.45) is 0 Å². The van der Waals surface area contributed by atoms with Crippen LogP contribution in [0.4, 0.5) is 5.69 Å². The van der Waals surface area contributed by atoms with E-state index < -0.39 is 0 Å². The van der Waals surface area contributed by atoms with E-state index in [-0.39, 0.29) is 5.91 Å². The summed E-state index contributed by atoms with van der Waals surface area (Å²) < 4.78 is 5.50. The van der Waals surface area contributed by atoms with Gasteiger partial charge in [-0.2, -0.15) is 5.10 Å². The standard InChI is InChI=1S/C13H15N3O2/c1-3-18-12-6-9(2)4-5-11(12)16-13(17)10-7-14-15-8-10/h4-8H,3H2,1-2H3,(H,14,15)(H,16,17). The van der Waals surface area contributed by atoms with Gasteiger partial charge in [0.1, 0.15) is 5.75 Å². The maximum Gasteiger partial charge on any atom is 0.258 e. The number of hydrogen-bond acceptors (Lipinski definition) is 3. The first kappa shape index (κ1) is 12.2. The van der Waals surface area contributed by atoms with Crippen LogP contribution in [0.25, 0.3) is 0 Å². The van der Waals surface area contributed by atoms with Gasteiger partial charge in [0.05, 0.1) is 24.1 Å². The molecule has 0 fully saturated rings. The lowest BCUT2D eigenvalue weighted by molar-refractivity contribution is 0.102. The fourth-order valence-electron chi connectivity index (χ4n) is 1.58. The molecular formula is C13H15N3O2. The number of nitrogens with zero attached hydrogens (tertiary/aromatic N) is 1. The van der Waals surface area contributed by atoms with Crippen LogP contribution in [0.2, 0.25) is 0 Å². The van der Waals surface area contributed by atoms with Crippen LogP contribution >= 0.6 is 0 Å². The number of nitrogens with one attached hydrogen (secondary N) is 2. The number of carbonyl (C=O) groups excluding carboxylic acids is 1. The molecule has 18 heavy (non-hydrogen) atoms. The van der Waals surface area contributed by atoms with Crippen molar-refractivity contribution in [2.45, 2.75) is 13.8 Å². The zero-order valence-electron chi connectivity index (χ0n) is 10.4. The van der Waals surface area contributed by atoms with Crippen molar-refractivity contribution >= 4 is 11.6 Å². The normalized spacial score (nSPS) is 10.1. The van der Waals surface area contributed by atoms with Gasteiger partial charge in [0, 0.05) is 6.20 Å². The molecule has 1 aromatic heterocycles. The fourth-order valence-corrected chi connectivity index (χ4v) is 1.58. The molecule has 1 heterocycles. The van der Waals surface area contributed by atoms with Crippen LogP contribution in [-0.4, -0.2) is 22.7 Å². The predicted molar refractivity (Wildman–Crippen MR) is 68.9 cm³/mol. The van der Waals surface area contributed by atoms with Gasteiger partial charge in [-0.1, -0.05) is 6.07 Å². The molecule has 0 radical (unpaired) electrons. The van der Waals surface area contributed by atoms with Crippen LogP contribution in [0, 0.1) is 6.92 Å². The summed E-state index contributed by atoms with van der Waals surface area (Å²) in [4.78, 5) is 11.9. The Bertz CT molecular complexity index is 535. The second kappa shape index (κ2) is 5.35. The van der Waals surface area contributed by atoms with Crippen molar-refractivity contribution < 1.29 is 9.53 Å². The lowest BCUT2D eigenvalue weighted by Crippen LogP contribution is -2.12. The number of H-pyrrole nitrogens is 1. The summed E-state index contributed by atoms with van der Waals surface area (Å²) in [5, 5.41) is 9.14. The molecule has 0 saturated heterocycles. The molecule has 1 amide bonds. The van der Waals surface area contributed by atoms with E-state index >= 15 is 0 Å². The number of hydrogen-bond donors (Lipinski definition) is 2. The summed E-state index contributed by atoms with van der Waals surface area (Å²) >= 11 is 0. The third-order valence-corrected chi connectivity index (χ3v) is 2.45. The maximum absolute atomic E-state index is 11.9. The first-order valence-electron chi connectivity index (χ1n) is 5.74. The zero-order valence-corrected chi connectivity index (χ0v) is 10.4. The van der Waals surface area contributed by atoms with Gasteiger partial charge >= 0.3 is 0 Å². The highest BCUT2D eigenvalue weighted by molar-refractivity contribution is 6.04. The van der Waals surface area contributed by atoms with Crippen LogP contribution in [0.5, 0.6) is 5.75 Å². The SMILES string of the molecule is CCOc1cc(C)ccc1NC(=O)c1cn[nH]c1. The number of benzene rings is 1. The minimum absolute atomic E-state index is 0.214. The summed E-state index contributed by atoms with van der Waals surface area (Å²) in [5.74, 6) is 0.461. The third-order valence-electron chi connectivity index (χ3n) is 2.45. The number of amides is 1. The molecule has 2 rings (SSSR count). The van der Waals surface area contributed by atoms with Crippen molar-refractivity contribution in [2.75, 3.05) is 11.9 Å². The number of rotatable bonds is 4. The number of ether oxygens (including phenoxy) is 1. The molecule has 0 atom stereocenters. The molecule has 0 spiro atoms. The van der Waals surface area contributed by atoms with Crippen molar-refractivity contribution in [3.63, 3.8) is 0 Å². The first-order valence-corrected chi connectivity index (χ1v) is 5.74. The lowest BCUT2D eigenvalue weighted by Gasteiger charge is -2.11. The Morgan fingerprint density at radius 3 is 3.00 bits per heavy atom. The molecule has 5 heteroatoms. The highest BCUT2D eigenvalue weighted by atomic mass is 16.5. The molecule has 0 aliphatic rings. The molecule has 2 N–H and O–H groups in total. The maximum atomic E-state index is 11.9. The van der Waals surface area contributed by atoms with E-state index in [0.29, 0.717) is 23.6 Å². The van der Waals surface area contributed by atoms with Gasteiger partial charge < -0.3 is 10.1 Å². The molecule has 0 saturated carbocycles. The van der Waals surface area contributed by atoms with Gasteiger partial charge in [0.15, 0.2) is 0 Å². The molecule has 5 nitrogen and oxygen atoms in total. The molecule has 94 valence electrons. The predicted octanol–water partition coefficient (Wildman–Crippen LogP) is 2.37. The van der Waals surface area contributed by atoms with Gasteiger partial charge in [-0.15, -0.1) is 0 Å². The van der Waals surface area contributed by atoms with Gasteiger partial charge in [-0.25, -0.2) is 0 Å². The van der Waals surface area contributed by atoms with Crippen LogP contribution in [0.15, 0.2) is 30.6 Å². The third kappa shape index (κ3) is 2.68. The highest BCUT2D eigenvalue weighted by Crippen LogP contribution is 2.26. The van der Waals surface area contributed by atoms with Crippen LogP contribution in [0.3, 0.4) is 0 Å². The summed E-state index contributed by atoms with van der Waals surface area (Å²) in [5.41, 5.74) is 2.23. The Balaban J connectivity index is 2.20. The number of anilines is 1. The second-order valence-electron chi connectivity index (χ2n) is 3.87. The molecule has 0 aliphatic carbocycles. The van der Waals surface area contributed by atoms with E-state index in [4.69, 9.17) is 4.74 Å². The molecule has 1 aromatic carbocycles. The van der Waals surface area contributed by atoms with Gasteiger partial charge in [-0.3, -0.25) is 9.89 Å². The van der Waals surface area contributed by atoms with Crippen molar-refractivity contribution in [1.29, 1.82) is 0 Å². The van der Waals surface area contributed by atoms with E-state index in [9.17, 15) is 4.79 Å². The summed E-state index contributed by atoms with van der Waals surface area (Å²) in [7, 11) is 0. The van der Waals surface area contributed by atoms with Gasteiger partial charge in [0.2, 0.25) is 0 Å². The van der Waals surface area contributed by atoms with Crippen molar-refractivity contribution in [3.05, 3.63) is 41.7 Å². The first-order chi connectivity index (χ1) is 8.70. The monoisotopic (exact) mass is 245 g/mol. The average molecular weight is 245 g/mol. The number of aromatic amines is 1. The second-order valence-corrected chi connectivity index (χ2v) is 3.87. The Morgan fingerprint density at radius 2 is 2.33 bits per heavy atom. The Labute approximate surface area is 105 Å². The molecule has 0 aliphatic heterocycles. The quantitative estimate of drug-likeness (QED) is 0.869. The zero-order chi connectivity index (χ0) is 13.0. The summed E-state index contributed by atoms with van der Waals surface area (Å²) in [6, 6.07) is 5.65. The average Bonchev–Trinajstić information content (AvgIpc) is 2.86. The van der Waals surface area contributed by atoms with E-state index in [1.165, 1.54) is 6.20 Å². The van der Waals surface area contributed by atoms with Crippen LogP contribution < -0.4 is 10.1 Å². The molecule has 0 unspecified atom stereocenters. The Morgan fingerprint density at radius 1 is 1.50 bits per heavy atom. The minimum atomic E-state index is -0.214. The summed E-state index contributed by atoms with van der Waals surface area (Å²) in [6.45, 7) is 4.44. The minimum Gasteiger partial charge on any atom is -0.492 e. The molecule has 2 aromatic rings. The van der Waals surface area contributed by atoms with Gasteiger partial charge in [-0.05, 0) is 31.5 Å². The number of aryl methyl sites for hydroxylation is 1. The Kier molecular flexibility index (Phi) is 3.62. The van der Waals surface area contributed by atoms with Crippen LogP contribution in [-0.2, 0) is 0 Å². The molecule has 0 bridgehead atoms. The highest BCUT2D eigenvalue weighted by Gasteiger charge is 2.10. The topological polar surface area (TPSA) is 67.0 Å². The van der Waals surface area contributed by atoms with Crippen molar-refractivity contribution in [3.8, 4) is 5.75 Å². The van der Waals surface area contributed by atoms with Crippen LogP contribution in [0.1, 0.15) is 22.8 Å². The smallest absolute Gasteiger partial charge is 0.258 e. The number of aromatic nitrogens is 2. The van der Waals surface area contributed by atoms with E-state index in [1.807, 2.05) is 32.0 Å². The van der Waals surface area contributed by atoms with E-state index in [1.54, 1.807) is 6.20 Å². The van der Waals surface area contributed by atoms with Gasteiger partial charge in [0.25, 0.3) is 5.91 Å². The molecular weight excluding hydrogens is 230 g/mol. The summed E-state index contributed by atoms with van der Waals surface area (Å²) in [6.07, 6.45) is 3.02. The Hall–Kier alpha value is -2.30.